The van der Waals surface area contributed by atoms with Gasteiger partial charge in [-0.25, -0.2) is 18.1 Å². The first-order chi connectivity index (χ1) is 16.9. The van der Waals surface area contributed by atoms with Crippen LogP contribution in [0, 0.1) is 0 Å². The van der Waals surface area contributed by atoms with Crippen molar-refractivity contribution >= 4 is 21.8 Å². The van der Waals surface area contributed by atoms with Crippen molar-refractivity contribution in [3.05, 3.63) is 90.0 Å². The molecule has 2 atom stereocenters. The maximum absolute atomic E-state index is 13.1. The minimum atomic E-state index is -3.34. The molecule has 0 saturated carbocycles. The van der Waals surface area contributed by atoms with Gasteiger partial charge in [0.05, 0.1) is 4.90 Å². The van der Waals surface area contributed by atoms with E-state index in [2.05, 4.69) is 0 Å². The smallest absolute Gasteiger partial charge is 0.417 e. The number of hydrogen-bond donors (Lipinski definition) is 0. The van der Waals surface area contributed by atoms with Crippen molar-refractivity contribution in [1.82, 2.24) is 4.90 Å². The standard InChI is InChI=1S/C29H31NO5S/c1-29(2,3)35-28(32)30-19-26(25(18-27(30)31)20-10-6-5-7-11-20)23-14-8-12-21(16-23)22-13-9-15-24(17-22)36(4,33)34/h5-17,25-26H,18-19H2,1-4H3/t25-,26+/m1/s1. The summed E-state index contributed by atoms with van der Waals surface area (Å²) < 4.78 is 29.7. The molecule has 0 radical (unpaired) electrons. The molecular formula is C29H31NO5S. The van der Waals surface area contributed by atoms with Crippen molar-refractivity contribution in [1.29, 1.82) is 0 Å². The van der Waals surface area contributed by atoms with Crippen molar-refractivity contribution in [2.75, 3.05) is 12.8 Å². The fourth-order valence-electron chi connectivity index (χ4n) is 4.60. The second-order valence-electron chi connectivity index (χ2n) is 10.2. The van der Waals surface area contributed by atoms with E-state index in [1.54, 1.807) is 39.0 Å². The molecule has 1 saturated heterocycles. The maximum atomic E-state index is 13.1. The Balaban J connectivity index is 1.74. The largest absolute Gasteiger partial charge is 0.443 e. The van der Waals surface area contributed by atoms with Crippen LogP contribution in [0.3, 0.4) is 0 Å². The zero-order chi connectivity index (χ0) is 26.1. The average molecular weight is 506 g/mol. The van der Waals surface area contributed by atoms with Gasteiger partial charge in [0.25, 0.3) is 0 Å². The second-order valence-corrected chi connectivity index (χ2v) is 12.3. The molecule has 4 rings (SSSR count). The van der Waals surface area contributed by atoms with Gasteiger partial charge in [-0.2, -0.15) is 0 Å². The number of ether oxygens (including phenoxy) is 1. The van der Waals surface area contributed by atoms with Crippen LogP contribution in [-0.2, 0) is 19.4 Å². The van der Waals surface area contributed by atoms with Crippen LogP contribution >= 0.6 is 0 Å². The van der Waals surface area contributed by atoms with Crippen molar-refractivity contribution < 1.29 is 22.7 Å². The van der Waals surface area contributed by atoms with E-state index in [0.717, 1.165) is 22.3 Å². The van der Waals surface area contributed by atoms with Crippen LogP contribution in [0.5, 0.6) is 0 Å². The van der Waals surface area contributed by atoms with E-state index in [1.165, 1.54) is 11.2 Å². The van der Waals surface area contributed by atoms with Gasteiger partial charge in [0, 0.05) is 31.1 Å². The summed E-state index contributed by atoms with van der Waals surface area (Å²) in [5.41, 5.74) is 2.93. The van der Waals surface area contributed by atoms with E-state index in [1.807, 2.05) is 60.7 Å². The minimum Gasteiger partial charge on any atom is -0.443 e. The average Bonchev–Trinajstić information content (AvgIpc) is 2.83. The van der Waals surface area contributed by atoms with Crippen LogP contribution in [0.15, 0.2) is 83.8 Å². The topological polar surface area (TPSA) is 80.8 Å². The molecule has 0 N–H and O–H groups in total. The van der Waals surface area contributed by atoms with Gasteiger partial charge >= 0.3 is 6.09 Å². The van der Waals surface area contributed by atoms with Gasteiger partial charge in [-0.15, -0.1) is 0 Å². The van der Waals surface area contributed by atoms with Crippen LogP contribution in [0.4, 0.5) is 4.79 Å². The predicted octanol–water partition coefficient (Wildman–Crippen LogP) is 5.79. The summed E-state index contributed by atoms with van der Waals surface area (Å²) in [5.74, 6) is -0.531. The normalized spacial score (nSPS) is 18.7. The van der Waals surface area contributed by atoms with Gasteiger partial charge in [-0.05, 0) is 55.2 Å². The molecule has 0 spiro atoms. The van der Waals surface area contributed by atoms with Crippen molar-refractivity contribution in [3.63, 3.8) is 0 Å². The molecule has 6 nitrogen and oxygen atoms in total. The highest BCUT2D eigenvalue weighted by molar-refractivity contribution is 7.90. The fourth-order valence-corrected chi connectivity index (χ4v) is 5.27. The molecule has 0 aliphatic carbocycles. The third-order valence-electron chi connectivity index (χ3n) is 6.31. The van der Waals surface area contributed by atoms with Crippen LogP contribution in [0.1, 0.15) is 50.2 Å². The lowest BCUT2D eigenvalue weighted by atomic mass is 9.76. The molecule has 7 heteroatoms. The Hall–Kier alpha value is -3.45. The number of benzene rings is 3. The maximum Gasteiger partial charge on any atom is 0.417 e. The van der Waals surface area contributed by atoms with Crippen LogP contribution in [0.2, 0.25) is 0 Å². The van der Waals surface area contributed by atoms with E-state index in [0.29, 0.717) is 0 Å². The number of piperidine rings is 1. The Morgan fingerprint density at radius 2 is 1.47 bits per heavy atom. The molecule has 3 aromatic carbocycles. The highest BCUT2D eigenvalue weighted by atomic mass is 32.2. The Morgan fingerprint density at radius 3 is 2.11 bits per heavy atom. The number of likely N-dealkylation sites (tertiary alicyclic amines) is 1. The lowest BCUT2D eigenvalue weighted by molar-refractivity contribution is -0.133. The Labute approximate surface area is 212 Å². The van der Waals surface area contributed by atoms with Gasteiger partial charge in [0.1, 0.15) is 5.60 Å². The zero-order valence-corrected chi connectivity index (χ0v) is 21.8. The first-order valence-electron chi connectivity index (χ1n) is 11.9. The summed E-state index contributed by atoms with van der Waals surface area (Å²) in [6, 6.07) is 24.6. The van der Waals surface area contributed by atoms with Crippen LogP contribution < -0.4 is 0 Å². The monoisotopic (exact) mass is 505 g/mol. The van der Waals surface area contributed by atoms with Gasteiger partial charge in [-0.3, -0.25) is 4.79 Å². The third kappa shape index (κ3) is 5.85. The number of rotatable bonds is 4. The van der Waals surface area contributed by atoms with Crippen molar-refractivity contribution in [2.24, 2.45) is 0 Å². The third-order valence-corrected chi connectivity index (χ3v) is 7.42. The lowest BCUT2D eigenvalue weighted by Gasteiger charge is -2.38. The minimum absolute atomic E-state index is 0.116. The van der Waals surface area contributed by atoms with E-state index < -0.39 is 21.5 Å². The lowest BCUT2D eigenvalue weighted by Crippen LogP contribution is -2.47. The Kier molecular flexibility index (Phi) is 7.05. The summed E-state index contributed by atoms with van der Waals surface area (Å²) in [5, 5.41) is 0. The van der Waals surface area contributed by atoms with E-state index >= 15 is 0 Å². The quantitative estimate of drug-likeness (QED) is 0.448. The molecular weight excluding hydrogens is 474 g/mol. The number of imide groups is 1. The van der Waals surface area contributed by atoms with E-state index in [9.17, 15) is 18.0 Å². The number of carbonyl (C=O) groups is 2. The first kappa shape index (κ1) is 25.6. The number of sulfone groups is 1. The summed E-state index contributed by atoms with van der Waals surface area (Å²) in [6.45, 7) is 5.52. The van der Waals surface area contributed by atoms with Gasteiger partial charge < -0.3 is 4.74 Å². The first-order valence-corrected chi connectivity index (χ1v) is 13.8. The molecule has 2 amide bonds. The van der Waals surface area contributed by atoms with Crippen LogP contribution in [0.25, 0.3) is 11.1 Å². The number of hydrogen-bond acceptors (Lipinski definition) is 5. The molecule has 36 heavy (non-hydrogen) atoms. The van der Waals surface area contributed by atoms with Gasteiger partial charge in [0.2, 0.25) is 5.91 Å². The molecule has 1 aliphatic rings. The van der Waals surface area contributed by atoms with Crippen molar-refractivity contribution in [3.8, 4) is 11.1 Å². The molecule has 1 heterocycles. The predicted molar refractivity (Wildman–Crippen MR) is 139 cm³/mol. The highest BCUT2D eigenvalue weighted by Gasteiger charge is 2.40. The fraction of sp³-hybridized carbons (Fsp3) is 0.310. The molecule has 3 aromatic rings. The molecule has 1 fully saturated rings. The van der Waals surface area contributed by atoms with Crippen molar-refractivity contribution in [2.45, 2.75) is 49.5 Å². The summed E-state index contributed by atoms with van der Waals surface area (Å²) in [7, 11) is -3.34. The number of amides is 2. The molecule has 0 aromatic heterocycles. The van der Waals surface area contributed by atoms with Crippen LogP contribution in [-0.4, -0.2) is 43.7 Å². The summed E-state index contributed by atoms with van der Waals surface area (Å²) >= 11 is 0. The van der Waals surface area contributed by atoms with E-state index in [4.69, 9.17) is 4.74 Å². The molecule has 188 valence electrons. The summed E-state index contributed by atoms with van der Waals surface area (Å²) in [4.78, 5) is 27.4. The highest BCUT2D eigenvalue weighted by Crippen LogP contribution is 2.41. The van der Waals surface area contributed by atoms with Gasteiger partial charge in [0.15, 0.2) is 9.84 Å². The SMILES string of the molecule is CC(C)(C)OC(=O)N1C[C@@H](c2cccc(-c3cccc(S(C)(=O)=O)c3)c2)[C@@H](c2ccccc2)CC1=O. The summed E-state index contributed by atoms with van der Waals surface area (Å²) in [6.07, 6.45) is 0.736. The Morgan fingerprint density at radius 1 is 0.861 bits per heavy atom. The second kappa shape index (κ2) is 9.90. The molecule has 1 aliphatic heterocycles. The molecule has 0 unspecified atom stereocenters. The number of carbonyl (C=O) groups excluding carboxylic acids is 2. The molecule has 0 bridgehead atoms. The van der Waals surface area contributed by atoms with E-state index in [-0.39, 0.29) is 35.6 Å². The van der Waals surface area contributed by atoms with Gasteiger partial charge in [-0.1, -0.05) is 66.7 Å². The Bertz CT molecular complexity index is 1380. The number of nitrogens with zero attached hydrogens (tertiary/aromatic N) is 1. The zero-order valence-electron chi connectivity index (χ0n) is 21.0.